The Hall–Kier alpha value is -3.78. The molecule has 2 aromatic carbocycles. The second-order valence-corrected chi connectivity index (χ2v) is 8.41. The molecule has 2 N–H and O–H groups in total. The maximum absolute atomic E-state index is 12.9. The van der Waals surface area contributed by atoms with Crippen molar-refractivity contribution in [3.8, 4) is 23.0 Å². The van der Waals surface area contributed by atoms with Gasteiger partial charge in [-0.3, -0.25) is 14.7 Å². The van der Waals surface area contributed by atoms with E-state index in [1.807, 2.05) is 36.4 Å². The molecular formula is C27H31N3O5. The van der Waals surface area contributed by atoms with Crippen LogP contribution in [0, 0.1) is 0 Å². The lowest BCUT2D eigenvalue weighted by atomic mass is 9.87. The molecule has 0 radical (unpaired) electrons. The maximum atomic E-state index is 12.9. The molecule has 0 saturated carbocycles. The number of fused-ring (bicyclic) bond motifs is 1. The number of carbonyl (C=O) groups is 1. The SMILES string of the molecule is COc1ccc(CC2c3c(OC)ccc(O)c3CCN2CC(=O)NCc2ccccn2)cc1OC. The molecule has 0 fully saturated rings. The highest BCUT2D eigenvalue weighted by Crippen LogP contribution is 2.42. The fourth-order valence-electron chi connectivity index (χ4n) is 4.62. The quantitative estimate of drug-likeness (QED) is 0.489. The summed E-state index contributed by atoms with van der Waals surface area (Å²) in [5.74, 6) is 2.15. The van der Waals surface area contributed by atoms with Gasteiger partial charge in [-0.1, -0.05) is 12.1 Å². The number of nitrogens with zero attached hydrogens (tertiary/aromatic N) is 2. The summed E-state index contributed by atoms with van der Waals surface area (Å²) in [5.41, 5.74) is 3.59. The minimum atomic E-state index is -0.181. The summed E-state index contributed by atoms with van der Waals surface area (Å²) in [5, 5.41) is 13.6. The Bertz CT molecular complexity index is 1170. The van der Waals surface area contributed by atoms with Crippen molar-refractivity contribution in [3.63, 3.8) is 0 Å². The van der Waals surface area contributed by atoms with Crippen LogP contribution in [0.3, 0.4) is 0 Å². The second-order valence-electron chi connectivity index (χ2n) is 8.41. The maximum Gasteiger partial charge on any atom is 0.234 e. The van der Waals surface area contributed by atoms with Crippen molar-refractivity contribution >= 4 is 5.91 Å². The summed E-state index contributed by atoms with van der Waals surface area (Å²) < 4.78 is 16.6. The first-order valence-corrected chi connectivity index (χ1v) is 11.5. The monoisotopic (exact) mass is 477 g/mol. The largest absolute Gasteiger partial charge is 0.508 e. The lowest BCUT2D eigenvalue weighted by molar-refractivity contribution is -0.123. The predicted octanol–water partition coefficient (Wildman–Crippen LogP) is 3.27. The minimum Gasteiger partial charge on any atom is -0.508 e. The molecule has 0 bridgehead atoms. The molecule has 1 atom stereocenters. The zero-order valence-corrected chi connectivity index (χ0v) is 20.3. The van der Waals surface area contributed by atoms with Gasteiger partial charge < -0.3 is 24.6 Å². The lowest BCUT2D eigenvalue weighted by Gasteiger charge is -2.38. The first-order chi connectivity index (χ1) is 17.0. The van der Waals surface area contributed by atoms with Crippen LogP contribution in [0.4, 0.5) is 0 Å². The van der Waals surface area contributed by atoms with Gasteiger partial charge in [0.05, 0.1) is 40.1 Å². The molecule has 3 aromatic rings. The highest BCUT2D eigenvalue weighted by atomic mass is 16.5. The van der Waals surface area contributed by atoms with Crippen LogP contribution < -0.4 is 19.5 Å². The van der Waals surface area contributed by atoms with Gasteiger partial charge in [-0.2, -0.15) is 0 Å². The van der Waals surface area contributed by atoms with Crippen LogP contribution in [0.25, 0.3) is 0 Å². The number of hydrogen-bond donors (Lipinski definition) is 2. The summed E-state index contributed by atoms with van der Waals surface area (Å²) in [4.78, 5) is 19.3. The van der Waals surface area contributed by atoms with E-state index in [-0.39, 0.29) is 24.2 Å². The number of carbonyl (C=O) groups excluding carboxylic acids is 1. The first-order valence-electron chi connectivity index (χ1n) is 11.5. The van der Waals surface area contributed by atoms with Gasteiger partial charge in [0.1, 0.15) is 11.5 Å². The third kappa shape index (κ3) is 5.49. The van der Waals surface area contributed by atoms with Gasteiger partial charge in [0.25, 0.3) is 0 Å². The molecule has 0 saturated heterocycles. The van der Waals surface area contributed by atoms with Crippen molar-refractivity contribution in [2.75, 3.05) is 34.4 Å². The fraction of sp³-hybridized carbons (Fsp3) is 0.333. The molecule has 1 unspecified atom stereocenters. The Morgan fingerprint density at radius 3 is 2.54 bits per heavy atom. The van der Waals surface area contributed by atoms with Gasteiger partial charge in [-0.05, 0) is 54.8 Å². The van der Waals surface area contributed by atoms with Gasteiger partial charge >= 0.3 is 0 Å². The van der Waals surface area contributed by atoms with E-state index in [2.05, 4.69) is 15.2 Å². The number of ether oxygens (including phenoxy) is 3. The predicted molar refractivity (Wildman–Crippen MR) is 132 cm³/mol. The molecule has 1 aliphatic heterocycles. The van der Waals surface area contributed by atoms with Crippen molar-refractivity contribution in [3.05, 3.63) is 77.1 Å². The van der Waals surface area contributed by atoms with E-state index in [9.17, 15) is 9.90 Å². The molecule has 1 amide bonds. The Labute approximate surface area is 205 Å². The molecule has 184 valence electrons. The number of benzene rings is 2. The van der Waals surface area contributed by atoms with Gasteiger partial charge in [-0.25, -0.2) is 0 Å². The van der Waals surface area contributed by atoms with Crippen LogP contribution in [0.2, 0.25) is 0 Å². The van der Waals surface area contributed by atoms with E-state index < -0.39 is 0 Å². The summed E-state index contributed by atoms with van der Waals surface area (Å²) in [6.07, 6.45) is 2.93. The van der Waals surface area contributed by atoms with Crippen LogP contribution in [-0.4, -0.2) is 55.3 Å². The lowest BCUT2D eigenvalue weighted by Crippen LogP contribution is -2.43. The molecular weight excluding hydrogens is 446 g/mol. The standard InChI is InChI=1S/C27H31N3O5/c1-33-23-9-7-18(15-25(23)35-3)14-21-27-20(22(31)8-10-24(27)34-2)11-13-30(21)17-26(32)29-16-19-6-4-5-12-28-19/h4-10,12,15,21,31H,11,13-14,16-17H2,1-3H3,(H,29,32). The number of nitrogens with one attached hydrogen (secondary N) is 1. The van der Waals surface area contributed by atoms with Crippen molar-refractivity contribution in [2.45, 2.75) is 25.4 Å². The van der Waals surface area contributed by atoms with Gasteiger partial charge in [0, 0.05) is 29.9 Å². The Balaban J connectivity index is 1.61. The Morgan fingerprint density at radius 2 is 1.83 bits per heavy atom. The zero-order valence-electron chi connectivity index (χ0n) is 20.3. The number of aromatic hydroxyl groups is 1. The van der Waals surface area contributed by atoms with Crippen LogP contribution in [0.1, 0.15) is 28.4 Å². The average molecular weight is 478 g/mol. The van der Waals surface area contributed by atoms with Crippen LogP contribution >= 0.6 is 0 Å². The van der Waals surface area contributed by atoms with Crippen LogP contribution in [0.5, 0.6) is 23.0 Å². The van der Waals surface area contributed by atoms with Crippen molar-refractivity contribution in [1.82, 2.24) is 15.2 Å². The van der Waals surface area contributed by atoms with E-state index in [4.69, 9.17) is 14.2 Å². The fourth-order valence-corrected chi connectivity index (χ4v) is 4.62. The first kappa shape index (κ1) is 24.3. The summed E-state index contributed by atoms with van der Waals surface area (Å²) in [6.45, 7) is 1.21. The van der Waals surface area contributed by atoms with E-state index >= 15 is 0 Å². The van der Waals surface area contributed by atoms with Crippen molar-refractivity contribution < 1.29 is 24.1 Å². The topological polar surface area (TPSA) is 93.2 Å². The van der Waals surface area contributed by atoms with Crippen LogP contribution in [-0.2, 0) is 24.2 Å². The molecule has 2 heterocycles. The van der Waals surface area contributed by atoms with Gasteiger partial charge in [-0.15, -0.1) is 0 Å². The molecule has 8 heteroatoms. The molecule has 1 aromatic heterocycles. The highest BCUT2D eigenvalue weighted by molar-refractivity contribution is 5.78. The molecule has 35 heavy (non-hydrogen) atoms. The summed E-state index contributed by atoms with van der Waals surface area (Å²) in [6, 6.07) is 14.7. The second kappa shape index (κ2) is 11.1. The number of aromatic nitrogens is 1. The smallest absolute Gasteiger partial charge is 0.234 e. The van der Waals surface area contributed by atoms with Gasteiger partial charge in [0.15, 0.2) is 11.5 Å². The number of phenols is 1. The van der Waals surface area contributed by atoms with E-state index in [0.717, 1.165) is 22.4 Å². The highest BCUT2D eigenvalue weighted by Gasteiger charge is 2.33. The Morgan fingerprint density at radius 1 is 1.06 bits per heavy atom. The van der Waals surface area contributed by atoms with E-state index in [0.29, 0.717) is 43.2 Å². The van der Waals surface area contributed by atoms with Crippen molar-refractivity contribution in [2.24, 2.45) is 0 Å². The zero-order chi connectivity index (χ0) is 24.8. The third-order valence-corrected chi connectivity index (χ3v) is 6.35. The summed E-state index contributed by atoms with van der Waals surface area (Å²) >= 11 is 0. The molecule has 8 nitrogen and oxygen atoms in total. The molecule has 4 rings (SSSR count). The third-order valence-electron chi connectivity index (χ3n) is 6.35. The average Bonchev–Trinajstić information content (AvgIpc) is 2.89. The number of phenolic OH excluding ortho intramolecular Hbond substituents is 1. The summed E-state index contributed by atoms with van der Waals surface area (Å²) in [7, 11) is 4.84. The molecule has 0 aliphatic carbocycles. The van der Waals surface area contributed by atoms with E-state index in [1.54, 1.807) is 39.7 Å². The number of methoxy groups -OCH3 is 3. The van der Waals surface area contributed by atoms with E-state index in [1.165, 1.54) is 0 Å². The molecule has 0 spiro atoms. The van der Waals surface area contributed by atoms with Crippen molar-refractivity contribution in [1.29, 1.82) is 0 Å². The van der Waals surface area contributed by atoms with Crippen LogP contribution in [0.15, 0.2) is 54.7 Å². The Kier molecular flexibility index (Phi) is 7.72. The number of rotatable bonds is 9. The number of pyridine rings is 1. The normalized spacial score (nSPS) is 15.2. The number of hydrogen-bond acceptors (Lipinski definition) is 7. The number of amides is 1. The molecule has 1 aliphatic rings. The van der Waals surface area contributed by atoms with Gasteiger partial charge in [0.2, 0.25) is 5.91 Å². The minimum absolute atomic E-state index is 0.0875.